The van der Waals surface area contributed by atoms with Crippen LogP contribution in [0.3, 0.4) is 0 Å². The average molecular weight is 1690 g/mol. The summed E-state index contributed by atoms with van der Waals surface area (Å²) in [6.45, 7) is 68.7. The van der Waals surface area contributed by atoms with Crippen LogP contribution < -0.4 is 26.2 Å². The van der Waals surface area contributed by atoms with Gasteiger partial charge < -0.3 is 18.9 Å². The third-order valence-electron chi connectivity index (χ3n) is 26.3. The zero-order chi connectivity index (χ0) is 106. The summed E-state index contributed by atoms with van der Waals surface area (Å²) in [6.07, 6.45) is 0. The van der Waals surface area contributed by atoms with Crippen molar-refractivity contribution < 1.29 is 23.3 Å². The molecule has 0 bridgehead atoms. The van der Waals surface area contributed by atoms with Crippen LogP contribution in [0.25, 0.3) is 99.5 Å². The molecule has 127 heavy (non-hydrogen) atoms. The van der Waals surface area contributed by atoms with E-state index in [4.69, 9.17) is 0 Å². The first-order valence-corrected chi connectivity index (χ1v) is 45.6. The van der Waals surface area contributed by atoms with Crippen molar-refractivity contribution >= 4 is 101 Å². The van der Waals surface area contributed by atoms with Crippen LogP contribution in [0.1, 0.15) is 313 Å². The van der Waals surface area contributed by atoms with E-state index in [1.54, 1.807) is 0 Å². The van der Waals surface area contributed by atoms with Gasteiger partial charge >= 0.3 is 0 Å². The molecule has 0 amide bonds. The second kappa shape index (κ2) is 29.9. The Labute approximate surface area is 786 Å². The Balaban J connectivity index is 1.20. The number of anilines is 6. The average Bonchev–Trinajstić information content (AvgIpc) is 0.902. The number of rotatable bonds is 8. The molecule has 2 aromatic heterocycles. The van der Waals surface area contributed by atoms with E-state index in [1.165, 1.54) is 15.7 Å². The Morgan fingerprint density at radius 1 is 0.228 bits per heavy atom. The fourth-order valence-corrected chi connectivity index (χ4v) is 18.4. The van der Waals surface area contributed by atoms with E-state index in [0.717, 1.165) is 94.4 Å². The first-order chi connectivity index (χ1) is 66.0. The lowest BCUT2D eigenvalue weighted by Gasteiger charge is -2.47. The van der Waals surface area contributed by atoms with Gasteiger partial charge in [0.05, 0.1) is 56.7 Å². The third kappa shape index (κ3) is 15.7. The summed E-state index contributed by atoms with van der Waals surface area (Å²) < 4.78 is 181. The van der Waals surface area contributed by atoms with Crippen molar-refractivity contribution in [2.45, 2.75) is 288 Å². The molecule has 0 N–H and O–H groups in total. The highest BCUT2D eigenvalue weighted by atomic mass is 15.2. The van der Waals surface area contributed by atoms with Crippen LogP contribution in [-0.2, 0) is 59.6 Å². The molecule has 0 atom stereocenters. The van der Waals surface area contributed by atoms with Gasteiger partial charge in [0.1, 0.15) is 0 Å². The lowest BCUT2D eigenvalue weighted by molar-refractivity contribution is 0.569. The molecular formula is C122H139BN4. The number of para-hydroxylation sites is 2. The molecule has 0 saturated carbocycles. The summed E-state index contributed by atoms with van der Waals surface area (Å²) in [6, 6.07) is 44.0. The maximum Gasteiger partial charge on any atom is 0.252 e. The molecule has 0 fully saturated rings. The first-order valence-electron chi connectivity index (χ1n) is 54.1. The minimum absolute atomic E-state index is 0.0241. The van der Waals surface area contributed by atoms with Gasteiger partial charge in [0.25, 0.3) is 6.71 Å². The number of fused-ring (bicyclic) bond motifs is 10. The third-order valence-corrected chi connectivity index (χ3v) is 26.3. The summed E-state index contributed by atoms with van der Waals surface area (Å²) in [7, 11) is 0. The monoisotopic (exact) mass is 1690 g/mol. The van der Waals surface area contributed by atoms with Gasteiger partial charge in [0.15, 0.2) is 0 Å². The smallest absolute Gasteiger partial charge is 0.252 e. The second-order valence-electron chi connectivity index (χ2n) is 47.6. The van der Waals surface area contributed by atoms with E-state index in [0.29, 0.717) is 22.3 Å². The van der Waals surface area contributed by atoms with Crippen LogP contribution in [0, 0.1) is 0 Å². The Kier molecular flexibility index (Phi) is 16.3. The Hall–Kier alpha value is -10.9. The molecule has 5 heteroatoms. The molecule has 15 aromatic rings. The predicted molar refractivity (Wildman–Crippen MR) is 557 cm³/mol. The molecule has 17 rings (SSSR count). The van der Waals surface area contributed by atoms with Gasteiger partial charge in [-0.05, 0) is 256 Å². The number of hydrogen-bond donors (Lipinski definition) is 0. The van der Waals surface area contributed by atoms with Crippen molar-refractivity contribution in [1.82, 2.24) is 9.13 Å². The molecule has 0 radical (unpaired) electrons. The number of aromatic nitrogens is 2. The molecule has 0 aliphatic carbocycles. The highest BCUT2D eigenvalue weighted by Crippen LogP contribution is 2.58. The maximum atomic E-state index is 11.9. The van der Waals surface area contributed by atoms with Gasteiger partial charge in [0.2, 0.25) is 0 Å². The predicted octanol–water partition coefficient (Wildman–Crippen LogP) is 32.9. The van der Waals surface area contributed by atoms with E-state index in [1.807, 2.05) is 106 Å². The molecule has 4 nitrogen and oxygen atoms in total. The zero-order valence-electron chi connectivity index (χ0n) is 98.6. The highest BCUT2D eigenvalue weighted by Gasteiger charge is 2.48. The first kappa shape index (κ1) is 69.2. The van der Waals surface area contributed by atoms with Crippen LogP contribution in [-0.4, -0.2) is 15.8 Å². The van der Waals surface area contributed by atoms with Crippen molar-refractivity contribution in [3.63, 3.8) is 0 Å². The molecule has 0 unspecified atom stereocenters. The van der Waals surface area contributed by atoms with E-state index in [-0.39, 0.29) is 153 Å². The summed E-state index contributed by atoms with van der Waals surface area (Å²) in [5.41, 5.74) is 11.8. The maximum absolute atomic E-state index is 11.9. The van der Waals surface area contributed by atoms with E-state index in [9.17, 15) is 23.3 Å². The largest absolute Gasteiger partial charge is 0.310 e. The van der Waals surface area contributed by atoms with Gasteiger partial charge in [-0.2, -0.15) is 0 Å². The summed E-state index contributed by atoms with van der Waals surface area (Å²) >= 11 is 0. The molecule has 2 aliphatic rings. The Bertz CT molecular complexity index is 7820. The van der Waals surface area contributed by atoms with E-state index >= 15 is 0 Å². The van der Waals surface area contributed by atoms with Crippen LogP contribution in [0.15, 0.2) is 242 Å². The van der Waals surface area contributed by atoms with Crippen molar-refractivity contribution in [2.24, 2.45) is 0 Å². The molecule has 0 spiro atoms. The Morgan fingerprint density at radius 2 is 0.598 bits per heavy atom. The molecular weight excluding hydrogens is 1530 g/mol. The van der Waals surface area contributed by atoms with Crippen LogP contribution >= 0.6 is 0 Å². The minimum atomic E-state index is -1.20. The number of benzene rings is 13. The summed E-state index contributed by atoms with van der Waals surface area (Å²) in [5.74, 6) is 0. The number of hydrogen-bond acceptors (Lipinski definition) is 2. The van der Waals surface area contributed by atoms with E-state index < -0.39 is 99.6 Å². The summed E-state index contributed by atoms with van der Waals surface area (Å²) in [5, 5.41) is 1.84. The molecule has 0 saturated heterocycles. The van der Waals surface area contributed by atoms with Gasteiger partial charge in [-0.3, -0.25) is 0 Å². The standard InChI is InChI=1S/C122H139BN4/c1-112(2,3)77-46-42-74(43-47-77)91-66-84(119(22,23)24)68-93(76-60-82(117(16,17)18)62-83(61-76)118(19,20)21)110(91)126-105-73-88(125-103-58-51-80(115(10,11)12)64-95(103)96-65-81(116(13,14)15)52-59-104(96)125)54-57-99(105)123-100-56-53-87(124-101-40-36-34-38-89(101)90-39-35-37-41-102(90)124)72-106(100)127(108-71-86(121(28,29)30)70-107(126)109(108)123)111-92(75-44-48-78(49-45-75)113(4,5)6)67-85(120(25,26)27)69-97(111)94-63-79(114(7,8)9)50-55-98(94)122(31,32)33/h34-73H,1-33H3/i34D,35D,36D,37D,38D,39D,40D,41D,44D,45D,48D,49D,50D,55D,63D,67D,69D. The molecule has 650 valence electrons. The molecule has 13 aromatic carbocycles. The fourth-order valence-electron chi connectivity index (χ4n) is 18.4. The van der Waals surface area contributed by atoms with Crippen molar-refractivity contribution in [2.75, 3.05) is 9.80 Å². The highest BCUT2D eigenvalue weighted by molar-refractivity contribution is 7.00. The molecule has 4 heterocycles. The minimum Gasteiger partial charge on any atom is -0.310 e. The van der Waals surface area contributed by atoms with Crippen molar-refractivity contribution in [1.29, 1.82) is 0 Å². The van der Waals surface area contributed by atoms with Crippen LogP contribution in [0.4, 0.5) is 34.1 Å². The van der Waals surface area contributed by atoms with Gasteiger partial charge in [0, 0.05) is 77.9 Å². The SMILES string of the molecule is [2H]c1c([2H])c(C(C)(C)C)c([2H])c([2H])c1-c1c([2H])c(C(C)(C)C)c([2H])c(-c2c([2H])c(C(C)(C)C)c([2H])c([2H])c2C(C)(C)C)c1N1c2cc(-n3c4c([2H])c([2H])c([2H])c([2H])c4c4c([2H])c([2H])c([2H])c([2H])c43)ccc2B2c3ccc(-n4c5ccc(C(C)(C)C)cc5c5cc(C(C)(C)C)ccc54)cc3N(c3c(-c4ccc(C(C)(C)C)cc4)cc(C(C)(C)C)cc3-c3cc(C(C)(C)C)cc(C(C)(C)C)c3)c3cc(C(C)(C)C)cc1c32. The van der Waals surface area contributed by atoms with Gasteiger partial charge in [-0.25, -0.2) is 0 Å². The lowest BCUT2D eigenvalue weighted by atomic mass is 9.33. The van der Waals surface area contributed by atoms with E-state index in [2.05, 4.69) is 276 Å². The van der Waals surface area contributed by atoms with Crippen LogP contribution in [0.2, 0.25) is 0 Å². The lowest BCUT2D eigenvalue weighted by Crippen LogP contribution is -2.61. The number of nitrogens with zero attached hydrogens (tertiary/aromatic N) is 4. The zero-order valence-corrected chi connectivity index (χ0v) is 81.6. The Morgan fingerprint density at radius 3 is 1.03 bits per heavy atom. The molecule has 2 aliphatic heterocycles. The van der Waals surface area contributed by atoms with Crippen molar-refractivity contribution in [3.05, 3.63) is 303 Å². The normalized spacial score (nSPS) is 15.9. The van der Waals surface area contributed by atoms with Gasteiger partial charge in [-0.1, -0.05) is 374 Å². The quantitative estimate of drug-likeness (QED) is 0.141. The topological polar surface area (TPSA) is 16.3 Å². The summed E-state index contributed by atoms with van der Waals surface area (Å²) in [4.78, 5) is 4.47. The van der Waals surface area contributed by atoms with Crippen molar-refractivity contribution in [3.8, 4) is 55.9 Å². The fraction of sp³-hybridized carbons (Fsp3) is 0.361. The van der Waals surface area contributed by atoms with Gasteiger partial charge in [-0.15, -0.1) is 0 Å². The second-order valence-corrected chi connectivity index (χ2v) is 47.6. The van der Waals surface area contributed by atoms with Crippen LogP contribution in [0.5, 0.6) is 0 Å².